The number of hydrogen-bond acceptors (Lipinski definition) is 5. The van der Waals surface area contributed by atoms with E-state index < -0.39 is 24.3 Å². The van der Waals surface area contributed by atoms with Crippen LogP contribution in [0, 0.1) is 17.8 Å². The highest BCUT2D eigenvalue weighted by Crippen LogP contribution is 2.44. The Labute approximate surface area is 198 Å². The first-order valence-electron chi connectivity index (χ1n) is 11.7. The fourth-order valence-corrected chi connectivity index (χ4v) is 4.91. The molecule has 2 heterocycles. The summed E-state index contributed by atoms with van der Waals surface area (Å²) in [6.45, 7) is 1.52. The van der Waals surface area contributed by atoms with Crippen molar-refractivity contribution in [2.45, 2.75) is 50.6 Å². The highest BCUT2D eigenvalue weighted by atomic mass is 19.4. The molecule has 1 aliphatic heterocycles. The van der Waals surface area contributed by atoms with Crippen LogP contribution in [0.25, 0.3) is 0 Å². The quantitative estimate of drug-likeness (QED) is 0.457. The number of hydrogen-bond donors (Lipinski definition) is 0. The third kappa shape index (κ3) is 5.75. The molecule has 0 N–H and O–H groups in total. The van der Waals surface area contributed by atoms with Crippen LogP contribution < -0.4 is 14.4 Å². The minimum Gasteiger partial charge on any atom is -0.489 e. The van der Waals surface area contributed by atoms with Crippen molar-refractivity contribution in [3.63, 3.8) is 0 Å². The van der Waals surface area contributed by atoms with E-state index in [1.165, 1.54) is 12.1 Å². The van der Waals surface area contributed by atoms with Gasteiger partial charge >= 0.3 is 12.4 Å². The van der Waals surface area contributed by atoms with E-state index in [1.807, 2.05) is 4.90 Å². The number of alkyl halides is 6. The first kappa shape index (κ1) is 24.0. The summed E-state index contributed by atoms with van der Waals surface area (Å²) in [5.74, 6) is 1.51. The molecule has 1 aromatic carbocycles. The molecule has 35 heavy (non-hydrogen) atoms. The molecule has 3 fully saturated rings. The van der Waals surface area contributed by atoms with Crippen molar-refractivity contribution in [2.24, 2.45) is 17.8 Å². The van der Waals surface area contributed by atoms with Crippen molar-refractivity contribution >= 4 is 5.82 Å². The predicted molar refractivity (Wildman–Crippen MR) is 114 cm³/mol. The Morgan fingerprint density at radius 2 is 1.57 bits per heavy atom. The average molecular weight is 501 g/mol. The number of ether oxygens (including phenoxy) is 2. The number of aromatic nitrogens is 2. The molecule has 2 aliphatic carbocycles. The summed E-state index contributed by atoms with van der Waals surface area (Å²) in [5.41, 5.74) is -0.913. The third-order valence-electron chi connectivity index (χ3n) is 6.86. The summed E-state index contributed by atoms with van der Waals surface area (Å²) >= 11 is 0. The zero-order chi connectivity index (χ0) is 24.8. The van der Waals surface area contributed by atoms with E-state index in [-0.39, 0.29) is 29.4 Å². The zero-order valence-electron chi connectivity index (χ0n) is 18.8. The summed E-state index contributed by atoms with van der Waals surface area (Å²) in [7, 11) is 0. The lowest BCUT2D eigenvalue weighted by Crippen LogP contribution is -2.47. The van der Waals surface area contributed by atoms with E-state index in [0.717, 1.165) is 37.8 Å². The summed E-state index contributed by atoms with van der Waals surface area (Å²) in [4.78, 5) is 1.99. The second-order valence-corrected chi connectivity index (χ2v) is 9.67. The number of nitrogens with zero attached hydrogens (tertiary/aromatic N) is 3. The number of benzene rings is 1. The maximum absolute atomic E-state index is 13.2. The van der Waals surface area contributed by atoms with Gasteiger partial charge in [0.15, 0.2) is 17.3 Å². The lowest BCUT2D eigenvalue weighted by molar-refractivity contribution is -0.137. The molecular formula is C24H25F6N3O2. The Morgan fingerprint density at radius 3 is 2.14 bits per heavy atom. The van der Waals surface area contributed by atoms with Crippen LogP contribution in [0.5, 0.6) is 11.5 Å². The van der Waals surface area contributed by atoms with Gasteiger partial charge in [0.2, 0.25) is 0 Å². The molecule has 0 amide bonds. The molecule has 2 aromatic rings. The standard InChI is InChI=1S/C24H25F6N3O2/c25-23(26,27)10-18-6-8-21(32-31-18)33-11-15-3-4-16(12-33)22(15)35-19-7-5-17(24(28,29)30)9-20(19)34-13-14-1-2-14/h5-9,14-16,22H,1-4,10-13H2. The Hall–Kier alpha value is -2.72. The van der Waals surface area contributed by atoms with Crippen molar-refractivity contribution in [1.29, 1.82) is 0 Å². The number of anilines is 1. The Balaban J connectivity index is 1.28. The largest absolute Gasteiger partial charge is 0.489 e. The second kappa shape index (κ2) is 9.05. The van der Waals surface area contributed by atoms with Crippen LogP contribution in [0.2, 0.25) is 0 Å². The van der Waals surface area contributed by atoms with E-state index in [4.69, 9.17) is 9.47 Å². The first-order valence-corrected chi connectivity index (χ1v) is 11.7. The molecule has 5 rings (SSSR count). The Bertz CT molecular complexity index is 1030. The van der Waals surface area contributed by atoms with Crippen LogP contribution in [0.3, 0.4) is 0 Å². The van der Waals surface area contributed by atoms with Gasteiger partial charge in [-0.2, -0.15) is 31.4 Å². The van der Waals surface area contributed by atoms with Crippen molar-refractivity contribution in [3.05, 3.63) is 41.6 Å². The lowest BCUT2D eigenvalue weighted by Gasteiger charge is -2.38. The van der Waals surface area contributed by atoms with E-state index in [0.29, 0.717) is 37.2 Å². The maximum atomic E-state index is 13.2. The van der Waals surface area contributed by atoms with Crippen LogP contribution in [-0.4, -0.2) is 42.2 Å². The third-order valence-corrected chi connectivity index (χ3v) is 6.86. The second-order valence-electron chi connectivity index (χ2n) is 9.67. The smallest absolute Gasteiger partial charge is 0.416 e. The van der Waals surface area contributed by atoms with Gasteiger partial charge in [-0.3, -0.25) is 0 Å². The molecule has 2 bridgehead atoms. The number of piperidine rings is 1. The van der Waals surface area contributed by atoms with Crippen LogP contribution in [-0.2, 0) is 12.6 Å². The van der Waals surface area contributed by atoms with Crippen LogP contribution in [0.4, 0.5) is 32.2 Å². The molecule has 0 radical (unpaired) electrons. The van der Waals surface area contributed by atoms with Crippen molar-refractivity contribution in [3.8, 4) is 11.5 Å². The van der Waals surface area contributed by atoms with Gasteiger partial charge in [0.25, 0.3) is 0 Å². The molecule has 11 heteroatoms. The highest BCUT2D eigenvalue weighted by molar-refractivity contribution is 5.45. The molecule has 1 aromatic heterocycles. The van der Waals surface area contributed by atoms with Crippen LogP contribution >= 0.6 is 0 Å². The molecule has 2 atom stereocenters. The van der Waals surface area contributed by atoms with Crippen molar-refractivity contribution in [2.75, 3.05) is 24.6 Å². The molecular weight excluding hydrogens is 476 g/mol. The number of rotatable bonds is 7. The van der Waals surface area contributed by atoms with E-state index in [2.05, 4.69) is 10.2 Å². The van der Waals surface area contributed by atoms with Gasteiger partial charge in [-0.15, -0.1) is 5.10 Å². The average Bonchev–Trinajstić information content (AvgIpc) is 3.57. The van der Waals surface area contributed by atoms with E-state index in [1.54, 1.807) is 6.07 Å². The SMILES string of the molecule is FC(F)(F)Cc1ccc(N2CC3CCC(C2)C3Oc2ccc(C(F)(F)F)cc2OCC2CC2)nn1. The van der Waals surface area contributed by atoms with Crippen LogP contribution in [0.1, 0.15) is 36.9 Å². The number of fused-ring (bicyclic) bond motifs is 2. The monoisotopic (exact) mass is 501 g/mol. The van der Waals surface area contributed by atoms with E-state index >= 15 is 0 Å². The molecule has 0 spiro atoms. The van der Waals surface area contributed by atoms with Crippen molar-refractivity contribution < 1.29 is 35.8 Å². The van der Waals surface area contributed by atoms with Crippen molar-refractivity contribution in [1.82, 2.24) is 10.2 Å². The summed E-state index contributed by atoms with van der Waals surface area (Å²) in [6.07, 6.45) is -6.35. The Morgan fingerprint density at radius 1 is 0.857 bits per heavy atom. The highest BCUT2D eigenvalue weighted by Gasteiger charge is 2.44. The lowest BCUT2D eigenvalue weighted by atomic mass is 9.94. The van der Waals surface area contributed by atoms with Gasteiger partial charge < -0.3 is 14.4 Å². The fourth-order valence-electron chi connectivity index (χ4n) is 4.91. The topological polar surface area (TPSA) is 47.5 Å². The fraction of sp³-hybridized carbons (Fsp3) is 0.583. The number of halogens is 6. The van der Waals surface area contributed by atoms with E-state index in [9.17, 15) is 26.3 Å². The Kier molecular flexibility index (Phi) is 6.21. The molecule has 2 unspecified atom stereocenters. The van der Waals surface area contributed by atoms with Crippen LogP contribution in [0.15, 0.2) is 30.3 Å². The van der Waals surface area contributed by atoms with Gasteiger partial charge in [0, 0.05) is 24.9 Å². The minimum absolute atomic E-state index is 0.101. The van der Waals surface area contributed by atoms with Gasteiger partial charge in [-0.1, -0.05) is 0 Å². The molecule has 190 valence electrons. The zero-order valence-corrected chi connectivity index (χ0v) is 18.8. The molecule has 3 aliphatic rings. The van der Waals surface area contributed by atoms with Gasteiger partial charge in [0.05, 0.1) is 24.3 Å². The summed E-state index contributed by atoms with van der Waals surface area (Å²) in [5, 5.41) is 7.72. The minimum atomic E-state index is -4.47. The summed E-state index contributed by atoms with van der Waals surface area (Å²) in [6, 6.07) is 6.24. The first-order chi connectivity index (χ1) is 16.5. The molecule has 5 nitrogen and oxygen atoms in total. The molecule has 2 saturated carbocycles. The predicted octanol–water partition coefficient (Wildman–Crippen LogP) is 5.68. The van der Waals surface area contributed by atoms with Gasteiger partial charge in [-0.25, -0.2) is 0 Å². The summed E-state index contributed by atoms with van der Waals surface area (Å²) < 4.78 is 89.5. The van der Waals surface area contributed by atoms with Gasteiger partial charge in [-0.05, 0) is 61.9 Å². The molecule has 1 saturated heterocycles. The van der Waals surface area contributed by atoms with Gasteiger partial charge in [0.1, 0.15) is 6.10 Å². The maximum Gasteiger partial charge on any atom is 0.416 e. The normalized spacial score (nSPS) is 24.5.